The van der Waals surface area contributed by atoms with Crippen LogP contribution in [0.5, 0.6) is 0 Å². The third-order valence-corrected chi connectivity index (χ3v) is 5.57. The van der Waals surface area contributed by atoms with Crippen LogP contribution < -0.4 is 5.32 Å². The van der Waals surface area contributed by atoms with Gasteiger partial charge in [-0.2, -0.15) is 0 Å². The van der Waals surface area contributed by atoms with Gasteiger partial charge in [0.05, 0.1) is 18.6 Å². The van der Waals surface area contributed by atoms with Crippen LogP contribution in [0, 0.1) is 5.92 Å². The number of aliphatic hydroxyl groups excluding tert-OH is 1. The summed E-state index contributed by atoms with van der Waals surface area (Å²) in [6.07, 6.45) is 11.7. The van der Waals surface area contributed by atoms with Crippen LogP contribution in [0.25, 0.3) is 0 Å². The maximum atomic E-state index is 9.75. The summed E-state index contributed by atoms with van der Waals surface area (Å²) in [4.78, 5) is 4.58. The normalized spacial score (nSPS) is 29.6. The number of aryl methyl sites for hydroxylation is 2. The minimum atomic E-state index is -0.0410. The van der Waals surface area contributed by atoms with Crippen molar-refractivity contribution in [1.29, 1.82) is 0 Å². The minimum absolute atomic E-state index is 0.0410. The largest absolute Gasteiger partial charge is 0.394 e. The highest BCUT2D eigenvalue weighted by molar-refractivity contribution is 5.16. The van der Waals surface area contributed by atoms with Crippen LogP contribution in [0.15, 0.2) is 6.33 Å². The summed E-state index contributed by atoms with van der Waals surface area (Å²) in [6.45, 7) is 1.31. The number of aromatic nitrogens is 2. The second kappa shape index (κ2) is 5.86. The Labute approximate surface area is 121 Å². The minimum Gasteiger partial charge on any atom is -0.394 e. The quantitative estimate of drug-likeness (QED) is 0.864. The van der Waals surface area contributed by atoms with E-state index in [-0.39, 0.29) is 12.1 Å². The van der Waals surface area contributed by atoms with E-state index in [1.165, 1.54) is 43.5 Å². The Kier molecular flexibility index (Phi) is 4.13. The fourth-order valence-corrected chi connectivity index (χ4v) is 4.20. The van der Waals surface area contributed by atoms with E-state index in [2.05, 4.69) is 14.9 Å². The number of fused-ring (bicyclic) bond motifs is 1. The van der Waals surface area contributed by atoms with Crippen LogP contribution in [-0.4, -0.2) is 33.9 Å². The predicted octanol–water partition coefficient (Wildman–Crippen LogP) is 1.90. The summed E-state index contributed by atoms with van der Waals surface area (Å²) in [5, 5.41) is 13.1. The van der Waals surface area contributed by atoms with Gasteiger partial charge in [-0.05, 0) is 57.9 Å². The third kappa shape index (κ3) is 2.40. The van der Waals surface area contributed by atoms with Gasteiger partial charge in [0, 0.05) is 17.8 Å². The predicted molar refractivity (Wildman–Crippen MR) is 79.7 cm³/mol. The van der Waals surface area contributed by atoms with Crippen LogP contribution in [0.1, 0.15) is 49.9 Å². The first kappa shape index (κ1) is 14.1. The van der Waals surface area contributed by atoms with Crippen LogP contribution in [0.4, 0.5) is 0 Å². The average Bonchev–Trinajstić information content (AvgIpc) is 3.09. The van der Waals surface area contributed by atoms with E-state index in [4.69, 9.17) is 0 Å². The topological polar surface area (TPSA) is 50.1 Å². The highest BCUT2D eigenvalue weighted by atomic mass is 16.3. The molecule has 1 heterocycles. The Morgan fingerprint density at radius 3 is 3.05 bits per heavy atom. The number of imidazole rings is 1. The smallest absolute Gasteiger partial charge is 0.0951 e. The lowest BCUT2D eigenvalue weighted by Crippen LogP contribution is -2.49. The maximum absolute atomic E-state index is 9.75. The summed E-state index contributed by atoms with van der Waals surface area (Å²) in [5.41, 5.74) is 2.75. The Morgan fingerprint density at radius 2 is 2.25 bits per heavy atom. The molecule has 0 aliphatic heterocycles. The first-order valence-corrected chi connectivity index (χ1v) is 8.12. The van der Waals surface area contributed by atoms with Crippen LogP contribution in [0.3, 0.4) is 0 Å². The fraction of sp³-hybridized carbons (Fsp3) is 0.812. The molecule has 2 aliphatic carbocycles. The molecule has 0 radical (unpaired) electrons. The molecule has 1 saturated carbocycles. The van der Waals surface area contributed by atoms with Gasteiger partial charge in [0.1, 0.15) is 0 Å². The van der Waals surface area contributed by atoms with Gasteiger partial charge in [0.15, 0.2) is 0 Å². The molecule has 112 valence electrons. The number of aliphatic hydroxyl groups is 1. The highest BCUT2D eigenvalue weighted by Gasteiger charge is 2.40. The van der Waals surface area contributed by atoms with Crippen molar-refractivity contribution in [3.05, 3.63) is 17.7 Å². The lowest BCUT2D eigenvalue weighted by atomic mass is 9.85. The lowest BCUT2D eigenvalue weighted by Gasteiger charge is -2.34. The Morgan fingerprint density at radius 1 is 1.40 bits per heavy atom. The molecule has 2 unspecified atom stereocenters. The van der Waals surface area contributed by atoms with E-state index in [0.29, 0.717) is 5.92 Å². The summed E-state index contributed by atoms with van der Waals surface area (Å²) in [5.74, 6) is 0.583. The van der Waals surface area contributed by atoms with E-state index in [0.717, 1.165) is 25.8 Å². The van der Waals surface area contributed by atoms with Crippen molar-refractivity contribution in [2.75, 3.05) is 13.7 Å². The number of hydrogen-bond acceptors (Lipinski definition) is 3. The summed E-state index contributed by atoms with van der Waals surface area (Å²) in [6, 6.07) is 0. The zero-order chi connectivity index (χ0) is 14.0. The van der Waals surface area contributed by atoms with Gasteiger partial charge in [-0.15, -0.1) is 0 Å². The van der Waals surface area contributed by atoms with Gasteiger partial charge in [-0.3, -0.25) is 0 Å². The first-order chi connectivity index (χ1) is 9.79. The molecule has 0 aromatic carbocycles. The van der Waals surface area contributed by atoms with Crippen molar-refractivity contribution < 1.29 is 5.11 Å². The summed E-state index contributed by atoms with van der Waals surface area (Å²) in [7, 11) is 1.99. The molecule has 2 aliphatic rings. The monoisotopic (exact) mass is 277 g/mol. The molecule has 1 aromatic rings. The number of nitrogens with zero attached hydrogens (tertiary/aromatic N) is 2. The van der Waals surface area contributed by atoms with Crippen molar-refractivity contribution in [3.8, 4) is 0 Å². The molecule has 0 bridgehead atoms. The zero-order valence-corrected chi connectivity index (χ0v) is 12.6. The Bertz CT molecular complexity index is 451. The molecule has 3 rings (SSSR count). The van der Waals surface area contributed by atoms with E-state index < -0.39 is 0 Å². The van der Waals surface area contributed by atoms with Crippen molar-refractivity contribution in [2.45, 2.75) is 63.5 Å². The SMILES string of the molecule is CNC1(CO)CCCC1CCn1cnc2c1CCCC2. The second-order valence-electron chi connectivity index (χ2n) is 6.48. The highest BCUT2D eigenvalue weighted by Crippen LogP contribution is 2.38. The van der Waals surface area contributed by atoms with Crippen LogP contribution in [0.2, 0.25) is 0 Å². The van der Waals surface area contributed by atoms with E-state index in [1.807, 2.05) is 13.4 Å². The standard InChI is InChI=1S/C16H27N3O/c1-17-16(11-20)9-4-5-13(16)8-10-19-12-18-14-6-2-3-7-15(14)19/h12-13,17,20H,2-11H2,1H3. The van der Waals surface area contributed by atoms with Gasteiger partial charge in [-0.25, -0.2) is 4.98 Å². The molecule has 1 aromatic heterocycles. The number of nitrogens with one attached hydrogen (secondary N) is 1. The average molecular weight is 277 g/mol. The number of hydrogen-bond donors (Lipinski definition) is 2. The van der Waals surface area contributed by atoms with Gasteiger partial charge in [0.25, 0.3) is 0 Å². The lowest BCUT2D eigenvalue weighted by molar-refractivity contribution is 0.124. The van der Waals surface area contributed by atoms with Crippen LogP contribution in [-0.2, 0) is 19.4 Å². The fourth-order valence-electron chi connectivity index (χ4n) is 4.20. The van der Waals surface area contributed by atoms with Gasteiger partial charge in [0.2, 0.25) is 0 Å². The maximum Gasteiger partial charge on any atom is 0.0951 e. The van der Waals surface area contributed by atoms with Crippen molar-refractivity contribution >= 4 is 0 Å². The van der Waals surface area contributed by atoms with Gasteiger partial charge >= 0.3 is 0 Å². The molecule has 1 fully saturated rings. The first-order valence-electron chi connectivity index (χ1n) is 8.12. The van der Waals surface area contributed by atoms with E-state index in [9.17, 15) is 5.11 Å². The Balaban J connectivity index is 1.66. The molecule has 2 atom stereocenters. The molecule has 0 saturated heterocycles. The molecular formula is C16H27N3O. The molecule has 4 nitrogen and oxygen atoms in total. The van der Waals surface area contributed by atoms with E-state index >= 15 is 0 Å². The van der Waals surface area contributed by atoms with Crippen LogP contribution >= 0.6 is 0 Å². The van der Waals surface area contributed by atoms with Crippen molar-refractivity contribution in [3.63, 3.8) is 0 Å². The Hall–Kier alpha value is -0.870. The van der Waals surface area contributed by atoms with Gasteiger partial charge in [-0.1, -0.05) is 6.42 Å². The summed E-state index contributed by atoms with van der Waals surface area (Å²) < 4.78 is 2.37. The molecular weight excluding hydrogens is 250 g/mol. The van der Waals surface area contributed by atoms with Gasteiger partial charge < -0.3 is 15.0 Å². The molecule has 4 heteroatoms. The summed E-state index contributed by atoms with van der Waals surface area (Å²) >= 11 is 0. The zero-order valence-electron chi connectivity index (χ0n) is 12.6. The van der Waals surface area contributed by atoms with E-state index in [1.54, 1.807) is 0 Å². The molecule has 0 amide bonds. The van der Waals surface area contributed by atoms with Crippen molar-refractivity contribution in [1.82, 2.24) is 14.9 Å². The number of likely N-dealkylation sites (N-methyl/N-ethyl adjacent to an activating group) is 1. The molecule has 0 spiro atoms. The molecule has 2 N–H and O–H groups in total. The molecule has 20 heavy (non-hydrogen) atoms. The van der Waals surface area contributed by atoms with Crippen molar-refractivity contribution in [2.24, 2.45) is 5.92 Å². The second-order valence-corrected chi connectivity index (χ2v) is 6.48. The number of rotatable bonds is 5. The third-order valence-electron chi connectivity index (χ3n) is 5.57.